The molecule has 8 heteroatoms. The van der Waals surface area contributed by atoms with Crippen LogP contribution in [0.2, 0.25) is 0 Å². The molecule has 2 aliphatic rings. The average molecular weight is 411 g/mol. The Labute approximate surface area is 177 Å². The van der Waals surface area contributed by atoms with Crippen molar-refractivity contribution in [1.82, 2.24) is 15.1 Å². The summed E-state index contributed by atoms with van der Waals surface area (Å²) in [6.07, 6.45) is 2.42. The standard InChI is InChI=1S/C22H30N6O2/c1-17-9-11-26(12-10-17)20-7-8-21(25-24-20)27-13-15-28(16-14-27)22(29)23-18-3-5-19(30-2)6-4-18/h3-8,17H,9-16H2,1-2H3,(H,23,29). The molecule has 8 nitrogen and oxygen atoms in total. The third-order valence-electron chi connectivity index (χ3n) is 5.98. The molecule has 160 valence electrons. The number of carbonyl (C=O) groups is 1. The maximum absolute atomic E-state index is 12.5. The number of piperazine rings is 1. The summed E-state index contributed by atoms with van der Waals surface area (Å²) >= 11 is 0. The second-order valence-corrected chi connectivity index (χ2v) is 8.05. The normalized spacial score (nSPS) is 17.7. The number of piperidine rings is 1. The van der Waals surface area contributed by atoms with Gasteiger partial charge in [0.25, 0.3) is 0 Å². The van der Waals surface area contributed by atoms with Crippen molar-refractivity contribution in [2.45, 2.75) is 19.8 Å². The van der Waals surface area contributed by atoms with E-state index < -0.39 is 0 Å². The number of anilines is 3. The number of methoxy groups -OCH3 is 1. The molecule has 0 aliphatic carbocycles. The first-order valence-corrected chi connectivity index (χ1v) is 10.7. The van der Waals surface area contributed by atoms with Crippen molar-refractivity contribution in [3.05, 3.63) is 36.4 Å². The van der Waals surface area contributed by atoms with Crippen LogP contribution in [-0.4, -0.2) is 67.5 Å². The average Bonchev–Trinajstić information content (AvgIpc) is 2.80. The zero-order valence-corrected chi connectivity index (χ0v) is 17.8. The number of carbonyl (C=O) groups excluding carboxylic acids is 1. The molecule has 3 heterocycles. The highest BCUT2D eigenvalue weighted by molar-refractivity contribution is 5.89. The van der Waals surface area contributed by atoms with Gasteiger partial charge in [0.05, 0.1) is 7.11 Å². The Bertz CT molecular complexity index is 826. The molecule has 0 spiro atoms. The molecule has 0 saturated carbocycles. The molecule has 1 aromatic heterocycles. The molecule has 30 heavy (non-hydrogen) atoms. The zero-order valence-electron chi connectivity index (χ0n) is 17.8. The number of amides is 2. The Kier molecular flexibility index (Phi) is 6.21. The fraction of sp³-hybridized carbons (Fsp3) is 0.500. The summed E-state index contributed by atoms with van der Waals surface area (Å²) in [7, 11) is 1.62. The van der Waals surface area contributed by atoms with Crippen LogP contribution in [0.3, 0.4) is 0 Å². The SMILES string of the molecule is COc1ccc(NC(=O)N2CCN(c3ccc(N4CCC(C)CC4)nn3)CC2)cc1. The maximum atomic E-state index is 12.5. The molecule has 1 N–H and O–H groups in total. The van der Waals surface area contributed by atoms with Gasteiger partial charge in [0.15, 0.2) is 11.6 Å². The summed E-state index contributed by atoms with van der Waals surface area (Å²) in [4.78, 5) is 18.9. The summed E-state index contributed by atoms with van der Waals surface area (Å²) in [6, 6.07) is 11.4. The van der Waals surface area contributed by atoms with Gasteiger partial charge in [-0.15, -0.1) is 10.2 Å². The molecule has 2 aliphatic heterocycles. The van der Waals surface area contributed by atoms with E-state index in [0.717, 1.165) is 55.2 Å². The van der Waals surface area contributed by atoms with E-state index in [2.05, 4.69) is 38.3 Å². The molecule has 2 aromatic rings. The molecule has 0 atom stereocenters. The minimum atomic E-state index is -0.0828. The van der Waals surface area contributed by atoms with Gasteiger partial charge in [-0.25, -0.2) is 4.79 Å². The second-order valence-electron chi connectivity index (χ2n) is 8.05. The van der Waals surface area contributed by atoms with Crippen molar-refractivity contribution < 1.29 is 9.53 Å². The minimum absolute atomic E-state index is 0.0828. The summed E-state index contributed by atoms with van der Waals surface area (Å²) in [5.74, 6) is 3.40. The van der Waals surface area contributed by atoms with Crippen LogP contribution in [0.1, 0.15) is 19.8 Å². The molecule has 0 bridgehead atoms. The molecule has 4 rings (SSSR count). The van der Waals surface area contributed by atoms with E-state index in [1.165, 1.54) is 12.8 Å². The number of rotatable bonds is 4. The summed E-state index contributed by atoms with van der Waals surface area (Å²) in [6.45, 7) is 7.19. The Balaban J connectivity index is 1.28. The topological polar surface area (TPSA) is 73.8 Å². The third-order valence-corrected chi connectivity index (χ3v) is 5.98. The van der Waals surface area contributed by atoms with Crippen LogP contribution >= 0.6 is 0 Å². The predicted octanol–water partition coefficient (Wildman–Crippen LogP) is 3.08. The van der Waals surface area contributed by atoms with Gasteiger partial charge in [-0.2, -0.15) is 0 Å². The summed E-state index contributed by atoms with van der Waals surface area (Å²) in [5, 5.41) is 11.9. The Morgan fingerprint density at radius 1 is 0.900 bits per heavy atom. The Morgan fingerprint density at radius 2 is 1.47 bits per heavy atom. The summed E-state index contributed by atoms with van der Waals surface area (Å²) < 4.78 is 5.15. The molecule has 2 fully saturated rings. The van der Waals surface area contributed by atoms with Crippen molar-refractivity contribution in [3.8, 4) is 5.75 Å². The molecule has 2 amide bonds. The second kappa shape index (κ2) is 9.19. The largest absolute Gasteiger partial charge is 0.497 e. The fourth-order valence-electron chi connectivity index (χ4n) is 3.91. The quantitative estimate of drug-likeness (QED) is 0.835. The van der Waals surface area contributed by atoms with Crippen molar-refractivity contribution in [2.24, 2.45) is 5.92 Å². The fourth-order valence-corrected chi connectivity index (χ4v) is 3.91. The number of aromatic nitrogens is 2. The van der Waals surface area contributed by atoms with Gasteiger partial charge in [0, 0.05) is 45.0 Å². The smallest absolute Gasteiger partial charge is 0.321 e. The Hall–Kier alpha value is -3.03. The van der Waals surface area contributed by atoms with E-state index in [9.17, 15) is 4.79 Å². The number of hydrogen-bond acceptors (Lipinski definition) is 6. The number of urea groups is 1. The lowest BCUT2D eigenvalue weighted by Gasteiger charge is -2.35. The zero-order chi connectivity index (χ0) is 20.9. The minimum Gasteiger partial charge on any atom is -0.497 e. The number of benzene rings is 1. The monoisotopic (exact) mass is 410 g/mol. The third kappa shape index (κ3) is 4.75. The molecule has 0 radical (unpaired) electrons. The number of hydrogen-bond donors (Lipinski definition) is 1. The lowest BCUT2D eigenvalue weighted by Crippen LogP contribution is -2.50. The van der Waals surface area contributed by atoms with Crippen molar-refractivity contribution in [3.63, 3.8) is 0 Å². The van der Waals surface area contributed by atoms with E-state index in [0.29, 0.717) is 13.1 Å². The van der Waals surface area contributed by atoms with E-state index in [4.69, 9.17) is 4.74 Å². The Morgan fingerprint density at radius 3 is 2.00 bits per heavy atom. The highest BCUT2D eigenvalue weighted by atomic mass is 16.5. The van der Waals surface area contributed by atoms with Gasteiger partial charge in [-0.3, -0.25) is 0 Å². The van der Waals surface area contributed by atoms with E-state index >= 15 is 0 Å². The van der Waals surface area contributed by atoms with Crippen LogP contribution in [0.4, 0.5) is 22.1 Å². The first kappa shape index (κ1) is 20.3. The van der Waals surface area contributed by atoms with Crippen LogP contribution < -0.4 is 19.9 Å². The van der Waals surface area contributed by atoms with Crippen LogP contribution in [0.5, 0.6) is 5.75 Å². The number of nitrogens with zero attached hydrogens (tertiary/aromatic N) is 5. The van der Waals surface area contributed by atoms with Crippen LogP contribution in [0, 0.1) is 5.92 Å². The maximum Gasteiger partial charge on any atom is 0.321 e. The van der Waals surface area contributed by atoms with Crippen molar-refractivity contribution in [1.29, 1.82) is 0 Å². The van der Waals surface area contributed by atoms with Crippen LogP contribution in [-0.2, 0) is 0 Å². The van der Waals surface area contributed by atoms with Crippen LogP contribution in [0.25, 0.3) is 0 Å². The van der Waals surface area contributed by atoms with E-state index in [-0.39, 0.29) is 6.03 Å². The number of ether oxygens (including phenoxy) is 1. The van der Waals surface area contributed by atoms with E-state index in [1.807, 2.05) is 35.2 Å². The predicted molar refractivity (Wildman–Crippen MR) is 118 cm³/mol. The van der Waals surface area contributed by atoms with Crippen LogP contribution in [0.15, 0.2) is 36.4 Å². The first-order chi connectivity index (χ1) is 14.6. The highest BCUT2D eigenvalue weighted by Gasteiger charge is 2.23. The van der Waals surface area contributed by atoms with Gasteiger partial charge in [-0.05, 0) is 55.2 Å². The van der Waals surface area contributed by atoms with Crippen molar-refractivity contribution >= 4 is 23.4 Å². The molecule has 2 saturated heterocycles. The van der Waals surface area contributed by atoms with Gasteiger partial charge in [0.1, 0.15) is 5.75 Å². The lowest BCUT2D eigenvalue weighted by molar-refractivity contribution is 0.208. The lowest BCUT2D eigenvalue weighted by atomic mass is 9.99. The van der Waals surface area contributed by atoms with E-state index in [1.54, 1.807) is 7.11 Å². The van der Waals surface area contributed by atoms with Gasteiger partial charge < -0.3 is 24.8 Å². The van der Waals surface area contributed by atoms with Crippen molar-refractivity contribution in [2.75, 3.05) is 61.5 Å². The van der Waals surface area contributed by atoms with Gasteiger partial charge in [-0.1, -0.05) is 6.92 Å². The molecular formula is C22H30N6O2. The molecule has 1 aromatic carbocycles. The first-order valence-electron chi connectivity index (χ1n) is 10.7. The van der Waals surface area contributed by atoms with Gasteiger partial charge in [0.2, 0.25) is 0 Å². The van der Waals surface area contributed by atoms with Gasteiger partial charge >= 0.3 is 6.03 Å². The molecular weight excluding hydrogens is 380 g/mol. The molecule has 0 unspecified atom stereocenters. The summed E-state index contributed by atoms with van der Waals surface area (Å²) in [5.41, 5.74) is 0.761. The number of nitrogens with one attached hydrogen (secondary N) is 1. The highest BCUT2D eigenvalue weighted by Crippen LogP contribution is 2.22.